The molecule has 0 fully saturated rings. The van der Waals surface area contributed by atoms with Gasteiger partial charge in [-0.2, -0.15) is 12.1 Å². The van der Waals surface area contributed by atoms with Crippen molar-refractivity contribution in [1.29, 1.82) is 0 Å². The summed E-state index contributed by atoms with van der Waals surface area (Å²) in [6.45, 7) is 21.4. The summed E-state index contributed by atoms with van der Waals surface area (Å²) in [6.07, 6.45) is 0. The molecule has 4 heteroatoms. The van der Waals surface area contributed by atoms with Crippen molar-refractivity contribution < 1.29 is 41.5 Å². The molecule has 0 unspecified atom stereocenters. The van der Waals surface area contributed by atoms with Crippen LogP contribution in [0.4, 0.5) is 0 Å². The molecule has 54 heavy (non-hydrogen) atoms. The number of para-hydroxylation sites is 1. The van der Waals surface area contributed by atoms with Gasteiger partial charge in [0.15, 0.2) is 0 Å². The van der Waals surface area contributed by atoms with Crippen LogP contribution in [-0.2, 0) is 37.0 Å². The van der Waals surface area contributed by atoms with Crippen LogP contribution < -0.4 is 0 Å². The van der Waals surface area contributed by atoms with Crippen LogP contribution in [0.1, 0.15) is 74.9 Å². The van der Waals surface area contributed by atoms with E-state index in [1.807, 2.05) is 32.0 Å². The third-order valence-electron chi connectivity index (χ3n) is 9.45. The van der Waals surface area contributed by atoms with Crippen molar-refractivity contribution in [2.45, 2.75) is 80.1 Å². The minimum atomic E-state index is -0.125. The Kier molecular flexibility index (Phi) is 16.0. The zero-order valence-electron chi connectivity index (χ0n) is 33.9. The predicted molar refractivity (Wildman–Crippen MR) is 229 cm³/mol. The van der Waals surface area contributed by atoms with Gasteiger partial charge < -0.3 is 15.3 Å². The molecule has 0 bridgehead atoms. The van der Waals surface area contributed by atoms with Gasteiger partial charge in [0.2, 0.25) is 0 Å². The van der Waals surface area contributed by atoms with Crippen molar-refractivity contribution in [3.8, 4) is 28.0 Å². The van der Waals surface area contributed by atoms with Crippen LogP contribution in [0, 0.1) is 27.7 Å². The van der Waals surface area contributed by atoms with E-state index in [1.54, 1.807) is 0 Å². The molecule has 7 aromatic carbocycles. The first-order chi connectivity index (χ1) is 25.0. The van der Waals surface area contributed by atoms with Crippen molar-refractivity contribution in [3.05, 3.63) is 161 Å². The number of aliphatic hydroxyl groups excluding tert-OH is 2. The SMILES string of the molecule is Cc1cc2c(-c3ccc(C(C)(C)C)cc3)cccc2[cH-]1.Cc1cc2c(-c3ccc(C(C)(C)C)cc3)cccc2[cH-]1.Cc1cccc(C)c1O.OCCO.[Zr+2]. The molecular weight excluding hydrogens is 740 g/mol. The van der Waals surface area contributed by atoms with Gasteiger partial charge in [-0.05, 0) is 58.1 Å². The number of benzene rings is 5. The van der Waals surface area contributed by atoms with Crippen molar-refractivity contribution in [2.75, 3.05) is 13.2 Å². The summed E-state index contributed by atoms with van der Waals surface area (Å²) in [6, 6.07) is 45.9. The molecule has 280 valence electrons. The number of aryl methyl sites for hydroxylation is 4. The van der Waals surface area contributed by atoms with Crippen LogP contribution in [-0.4, -0.2) is 28.5 Å². The summed E-state index contributed by atoms with van der Waals surface area (Å²) in [4.78, 5) is 0. The third kappa shape index (κ3) is 11.7. The predicted octanol–water partition coefficient (Wildman–Crippen LogP) is 12.6. The second kappa shape index (κ2) is 19.5. The number of hydrogen-bond acceptors (Lipinski definition) is 3. The van der Waals surface area contributed by atoms with Crippen LogP contribution in [0.3, 0.4) is 0 Å². The molecule has 7 aromatic rings. The van der Waals surface area contributed by atoms with Gasteiger partial charge in [0.05, 0.1) is 13.2 Å². The van der Waals surface area contributed by atoms with Crippen LogP contribution in [0.15, 0.2) is 127 Å². The van der Waals surface area contributed by atoms with Crippen LogP contribution in [0.2, 0.25) is 0 Å². The second-order valence-corrected chi connectivity index (χ2v) is 16.0. The molecule has 0 atom stereocenters. The Bertz CT molecular complexity index is 2050. The van der Waals surface area contributed by atoms with E-state index in [0.717, 1.165) is 11.1 Å². The maximum atomic E-state index is 9.21. The van der Waals surface area contributed by atoms with Gasteiger partial charge in [0.1, 0.15) is 5.75 Å². The standard InChI is InChI=1S/2C20H21.C8H10O.C2H6O2.Zr/c2*1-14-12-16-6-5-7-18(19(16)13-14)15-8-10-17(11-9-15)20(2,3)4;1-6-4-3-5-7(2)8(6)9;3-1-2-4;/h2*5-13H,1-4H3;3-5,9H,1-2H3;3-4H,1-2H2;/q2*-1;;;+2. The fourth-order valence-corrected chi connectivity index (χ4v) is 6.38. The molecule has 0 radical (unpaired) electrons. The molecule has 0 aliphatic carbocycles. The maximum Gasteiger partial charge on any atom is 2.00 e. The molecule has 0 saturated carbocycles. The molecule has 7 rings (SSSR count). The van der Waals surface area contributed by atoms with E-state index in [9.17, 15) is 5.11 Å². The van der Waals surface area contributed by atoms with Crippen molar-refractivity contribution >= 4 is 21.5 Å². The van der Waals surface area contributed by atoms with Gasteiger partial charge in [-0.3, -0.25) is 0 Å². The van der Waals surface area contributed by atoms with Gasteiger partial charge >= 0.3 is 26.2 Å². The van der Waals surface area contributed by atoms with E-state index < -0.39 is 0 Å². The van der Waals surface area contributed by atoms with Crippen molar-refractivity contribution in [3.63, 3.8) is 0 Å². The first-order valence-electron chi connectivity index (χ1n) is 18.5. The smallest absolute Gasteiger partial charge is 0.507 e. The van der Waals surface area contributed by atoms with Crippen LogP contribution in [0.5, 0.6) is 5.75 Å². The van der Waals surface area contributed by atoms with E-state index >= 15 is 0 Å². The number of aliphatic hydroxyl groups is 2. The zero-order valence-corrected chi connectivity index (χ0v) is 36.3. The third-order valence-corrected chi connectivity index (χ3v) is 9.45. The van der Waals surface area contributed by atoms with Gasteiger partial charge in [-0.15, -0.1) is 69.1 Å². The zero-order chi connectivity index (χ0) is 38.9. The molecule has 0 aliphatic heterocycles. The first-order valence-corrected chi connectivity index (χ1v) is 18.5. The largest absolute Gasteiger partial charge is 2.00 e. The average molecular weight is 798 g/mol. The number of phenols is 1. The molecule has 0 amide bonds. The minimum absolute atomic E-state index is 0. The van der Waals surface area contributed by atoms with E-state index in [2.05, 4.69) is 165 Å². The van der Waals surface area contributed by atoms with E-state index in [4.69, 9.17) is 10.2 Å². The first kappa shape index (κ1) is 44.3. The Hall–Kier alpha value is -4.08. The van der Waals surface area contributed by atoms with Gasteiger partial charge in [0.25, 0.3) is 0 Å². The Balaban J connectivity index is 0.000000218. The number of aromatic hydroxyl groups is 1. The topological polar surface area (TPSA) is 60.7 Å². The van der Waals surface area contributed by atoms with E-state index in [-0.39, 0.29) is 50.2 Å². The summed E-state index contributed by atoms with van der Waals surface area (Å²) in [5.74, 6) is 0.414. The summed E-state index contributed by atoms with van der Waals surface area (Å²) < 4.78 is 0. The quantitative estimate of drug-likeness (QED) is 0.156. The van der Waals surface area contributed by atoms with Gasteiger partial charge in [-0.25, -0.2) is 0 Å². The summed E-state index contributed by atoms with van der Waals surface area (Å²) >= 11 is 0. The number of hydrogen-bond donors (Lipinski definition) is 3. The molecule has 3 nitrogen and oxygen atoms in total. The Morgan fingerprint density at radius 1 is 0.481 bits per heavy atom. The number of rotatable bonds is 3. The molecule has 3 N–H and O–H groups in total. The molecule has 0 saturated heterocycles. The van der Waals surface area contributed by atoms with Crippen molar-refractivity contribution in [2.24, 2.45) is 0 Å². The van der Waals surface area contributed by atoms with Crippen LogP contribution in [0.25, 0.3) is 43.8 Å². The molecular formula is C50H58O3Zr. The maximum absolute atomic E-state index is 9.21. The fraction of sp³-hybridized carbons (Fsp3) is 0.280. The van der Waals surface area contributed by atoms with Crippen LogP contribution >= 0.6 is 0 Å². The second-order valence-electron chi connectivity index (χ2n) is 16.0. The fourth-order valence-electron chi connectivity index (χ4n) is 6.38. The molecule has 0 aromatic heterocycles. The van der Waals surface area contributed by atoms with Crippen molar-refractivity contribution in [1.82, 2.24) is 0 Å². The Morgan fingerprint density at radius 2 is 0.815 bits per heavy atom. The van der Waals surface area contributed by atoms with E-state index in [1.165, 1.54) is 66.1 Å². The summed E-state index contributed by atoms with van der Waals surface area (Å²) in [5, 5.41) is 29.8. The number of phenolic OH excluding ortho intramolecular Hbond substituents is 1. The number of fused-ring (bicyclic) bond motifs is 2. The Labute approximate surface area is 343 Å². The van der Waals surface area contributed by atoms with Gasteiger partial charge in [-0.1, -0.05) is 145 Å². The summed E-state index contributed by atoms with van der Waals surface area (Å²) in [5.41, 5.74) is 13.0. The van der Waals surface area contributed by atoms with E-state index in [0.29, 0.717) is 5.75 Å². The minimum Gasteiger partial charge on any atom is -0.507 e. The van der Waals surface area contributed by atoms with Gasteiger partial charge in [0, 0.05) is 0 Å². The summed E-state index contributed by atoms with van der Waals surface area (Å²) in [7, 11) is 0. The molecule has 0 spiro atoms. The monoisotopic (exact) mass is 796 g/mol. The Morgan fingerprint density at radius 3 is 1.11 bits per heavy atom. The normalized spacial score (nSPS) is 11.0. The molecule has 0 aliphatic rings. The average Bonchev–Trinajstić information content (AvgIpc) is 3.71. The molecule has 0 heterocycles.